The molecule has 0 N–H and O–H groups in total. The topological polar surface area (TPSA) is 51.2 Å². The van der Waals surface area contributed by atoms with Crippen LogP contribution < -0.4 is 0 Å². The maximum absolute atomic E-state index is 10.9. The van der Waals surface area contributed by atoms with Gasteiger partial charge in [-0.3, -0.25) is 9.59 Å². The largest absolute Gasteiger partial charge is 0.302 e. The van der Waals surface area contributed by atoms with Crippen LogP contribution in [0.25, 0.3) is 5.57 Å². The molecule has 3 nitrogen and oxygen atoms in total. The number of fused-ring (bicyclic) bond motifs is 1. The quantitative estimate of drug-likeness (QED) is 0.687. The fourth-order valence-electron chi connectivity index (χ4n) is 1.92. The lowest BCUT2D eigenvalue weighted by atomic mass is 9.98. The number of aldehydes is 3. The zero-order valence-corrected chi connectivity index (χ0v) is 7.84. The lowest BCUT2D eigenvalue weighted by Crippen LogP contribution is -2.01. The lowest BCUT2D eigenvalue weighted by molar-refractivity contribution is -0.110. The molecule has 0 saturated carbocycles. The summed E-state index contributed by atoms with van der Waals surface area (Å²) >= 11 is 0. The van der Waals surface area contributed by atoms with Gasteiger partial charge in [0.15, 0.2) is 6.29 Å². The van der Waals surface area contributed by atoms with Crippen molar-refractivity contribution in [3.8, 4) is 0 Å². The third kappa shape index (κ3) is 1.24. The highest BCUT2D eigenvalue weighted by Gasteiger charge is 2.29. The molecule has 1 aromatic rings. The van der Waals surface area contributed by atoms with Crippen LogP contribution in [0.15, 0.2) is 29.8 Å². The molecule has 1 atom stereocenters. The van der Waals surface area contributed by atoms with Crippen LogP contribution in [0.4, 0.5) is 0 Å². The first-order valence-electron chi connectivity index (χ1n) is 4.52. The van der Waals surface area contributed by atoms with E-state index in [1.54, 1.807) is 24.3 Å². The Morgan fingerprint density at radius 1 is 1.00 bits per heavy atom. The average Bonchev–Trinajstić information content (AvgIpc) is 2.61. The number of hydrogen-bond donors (Lipinski definition) is 0. The number of carbonyl (C=O) groups excluding carboxylic acids is 3. The van der Waals surface area contributed by atoms with Crippen molar-refractivity contribution in [2.75, 3.05) is 0 Å². The van der Waals surface area contributed by atoms with Gasteiger partial charge in [-0.2, -0.15) is 0 Å². The molecule has 0 aromatic heterocycles. The van der Waals surface area contributed by atoms with E-state index < -0.39 is 5.92 Å². The summed E-state index contributed by atoms with van der Waals surface area (Å²) < 4.78 is 0. The molecule has 0 radical (unpaired) electrons. The third-order valence-electron chi connectivity index (χ3n) is 2.61. The van der Waals surface area contributed by atoms with E-state index >= 15 is 0 Å². The van der Waals surface area contributed by atoms with Crippen LogP contribution in [0.3, 0.4) is 0 Å². The van der Waals surface area contributed by atoms with Gasteiger partial charge in [-0.1, -0.05) is 24.3 Å². The Balaban J connectivity index is 2.71. The molecular formula is C12H8O3. The van der Waals surface area contributed by atoms with Crippen molar-refractivity contribution in [3.63, 3.8) is 0 Å². The van der Waals surface area contributed by atoms with Gasteiger partial charge in [0.2, 0.25) is 0 Å². The van der Waals surface area contributed by atoms with Gasteiger partial charge in [0.05, 0.1) is 5.92 Å². The number of hydrogen-bond acceptors (Lipinski definition) is 3. The van der Waals surface area contributed by atoms with E-state index in [4.69, 9.17) is 0 Å². The highest BCUT2D eigenvalue weighted by molar-refractivity contribution is 6.18. The molecule has 1 aliphatic carbocycles. The summed E-state index contributed by atoms with van der Waals surface area (Å²) in [6.07, 6.45) is 1.91. The Bertz CT molecular complexity index is 472. The molecule has 74 valence electrons. The second-order valence-electron chi connectivity index (χ2n) is 3.31. The highest BCUT2D eigenvalue weighted by atomic mass is 16.1. The fraction of sp³-hybridized carbons (Fsp3) is 0.0833. The molecule has 0 heterocycles. The van der Waals surface area contributed by atoms with Crippen LogP contribution in [0.1, 0.15) is 17.0 Å². The van der Waals surface area contributed by atoms with E-state index in [1.165, 1.54) is 0 Å². The summed E-state index contributed by atoms with van der Waals surface area (Å²) in [4.78, 5) is 32.6. The van der Waals surface area contributed by atoms with Gasteiger partial charge in [0.25, 0.3) is 0 Å². The van der Waals surface area contributed by atoms with Gasteiger partial charge < -0.3 is 4.79 Å². The Labute approximate surface area is 86.4 Å². The minimum atomic E-state index is -0.584. The fourth-order valence-corrected chi connectivity index (χ4v) is 1.92. The lowest BCUT2D eigenvalue weighted by Gasteiger charge is -2.03. The van der Waals surface area contributed by atoms with Gasteiger partial charge in [-0.15, -0.1) is 0 Å². The van der Waals surface area contributed by atoms with E-state index in [9.17, 15) is 14.4 Å². The summed E-state index contributed by atoms with van der Waals surface area (Å²) in [6, 6.07) is 7.06. The van der Waals surface area contributed by atoms with Crippen molar-refractivity contribution in [1.82, 2.24) is 0 Å². The molecule has 15 heavy (non-hydrogen) atoms. The minimum Gasteiger partial charge on any atom is -0.302 e. The average molecular weight is 200 g/mol. The van der Waals surface area contributed by atoms with Crippen molar-refractivity contribution in [1.29, 1.82) is 0 Å². The van der Waals surface area contributed by atoms with E-state index in [1.807, 2.05) is 0 Å². The number of allylic oxidation sites excluding steroid dienone is 2. The third-order valence-corrected chi connectivity index (χ3v) is 2.61. The molecule has 1 aliphatic rings. The first-order chi connectivity index (χ1) is 7.33. The zero-order valence-electron chi connectivity index (χ0n) is 7.84. The van der Waals surface area contributed by atoms with Crippen molar-refractivity contribution in [3.05, 3.63) is 41.0 Å². The molecule has 0 aliphatic heterocycles. The molecule has 0 amide bonds. The van der Waals surface area contributed by atoms with Gasteiger partial charge in [0, 0.05) is 11.1 Å². The van der Waals surface area contributed by atoms with Crippen LogP contribution in [-0.2, 0) is 14.4 Å². The van der Waals surface area contributed by atoms with Crippen LogP contribution in [0.2, 0.25) is 0 Å². The maximum atomic E-state index is 10.9. The number of rotatable bonds is 3. The smallest absolute Gasteiger partial charge is 0.151 e. The molecule has 0 bridgehead atoms. The number of carbonyl (C=O) groups is 3. The summed E-state index contributed by atoms with van der Waals surface area (Å²) in [5.41, 5.74) is 2.02. The SMILES string of the molecule is O=CC1=C(C=O)C(C=O)c2ccccc21. The Morgan fingerprint density at radius 2 is 1.73 bits per heavy atom. The van der Waals surface area contributed by atoms with E-state index in [0.29, 0.717) is 30.0 Å². The first kappa shape index (κ1) is 9.52. The summed E-state index contributed by atoms with van der Waals surface area (Å²) in [7, 11) is 0. The molecule has 3 heteroatoms. The van der Waals surface area contributed by atoms with Gasteiger partial charge in [-0.25, -0.2) is 0 Å². The molecule has 1 aromatic carbocycles. The standard InChI is InChI=1S/C12H8O3/c13-5-10-8-3-1-2-4-9(8)11(6-14)12(10)7-15/h1-7,10H. The van der Waals surface area contributed by atoms with Gasteiger partial charge >= 0.3 is 0 Å². The Kier molecular flexibility index (Phi) is 2.29. The summed E-state index contributed by atoms with van der Waals surface area (Å²) in [5.74, 6) is -0.584. The molecular weight excluding hydrogens is 192 g/mol. The molecule has 0 saturated heterocycles. The van der Waals surface area contributed by atoms with Gasteiger partial charge in [0.1, 0.15) is 12.6 Å². The molecule has 0 spiro atoms. The van der Waals surface area contributed by atoms with E-state index in [0.717, 1.165) is 5.56 Å². The van der Waals surface area contributed by atoms with Crippen molar-refractivity contribution in [2.24, 2.45) is 0 Å². The van der Waals surface area contributed by atoms with Crippen LogP contribution in [-0.4, -0.2) is 18.9 Å². The second kappa shape index (κ2) is 3.61. The first-order valence-corrected chi connectivity index (χ1v) is 4.52. The Hall–Kier alpha value is -2.03. The molecule has 0 fully saturated rings. The van der Waals surface area contributed by atoms with E-state index in [2.05, 4.69) is 0 Å². The van der Waals surface area contributed by atoms with Crippen LogP contribution in [0, 0.1) is 0 Å². The Morgan fingerprint density at radius 3 is 2.33 bits per heavy atom. The van der Waals surface area contributed by atoms with E-state index in [-0.39, 0.29) is 5.57 Å². The molecule has 1 unspecified atom stereocenters. The van der Waals surface area contributed by atoms with Crippen molar-refractivity contribution < 1.29 is 14.4 Å². The maximum Gasteiger partial charge on any atom is 0.151 e. The van der Waals surface area contributed by atoms with Crippen LogP contribution in [0.5, 0.6) is 0 Å². The summed E-state index contributed by atoms with van der Waals surface area (Å²) in [6.45, 7) is 0. The minimum absolute atomic E-state index is 0.265. The van der Waals surface area contributed by atoms with Crippen molar-refractivity contribution >= 4 is 24.4 Å². The summed E-state index contributed by atoms with van der Waals surface area (Å²) in [5, 5.41) is 0. The highest BCUT2D eigenvalue weighted by Crippen LogP contribution is 2.38. The second-order valence-corrected chi connectivity index (χ2v) is 3.31. The van der Waals surface area contributed by atoms with Gasteiger partial charge in [-0.05, 0) is 11.1 Å². The monoisotopic (exact) mass is 200 g/mol. The van der Waals surface area contributed by atoms with Crippen LogP contribution >= 0.6 is 0 Å². The molecule has 2 rings (SSSR count). The number of benzene rings is 1. The normalized spacial score (nSPS) is 18.5. The zero-order chi connectivity index (χ0) is 10.8. The van der Waals surface area contributed by atoms with Crippen molar-refractivity contribution in [2.45, 2.75) is 5.92 Å². The predicted molar refractivity (Wildman–Crippen MR) is 54.3 cm³/mol. The predicted octanol–water partition coefficient (Wildman–Crippen LogP) is 1.13.